The fourth-order valence-corrected chi connectivity index (χ4v) is 2.95. The number of amides is 1. The number of esters is 2. The molecular formula is C25H21NO5. The van der Waals surface area contributed by atoms with Gasteiger partial charge in [0, 0.05) is 18.1 Å². The molecule has 6 nitrogen and oxygen atoms in total. The summed E-state index contributed by atoms with van der Waals surface area (Å²) < 4.78 is 10.1. The Morgan fingerprint density at radius 2 is 1.58 bits per heavy atom. The van der Waals surface area contributed by atoms with E-state index in [1.165, 1.54) is 20.1 Å². The average Bonchev–Trinajstić information content (AvgIpc) is 2.79. The first-order chi connectivity index (χ1) is 15.0. The molecule has 3 aromatic rings. The highest BCUT2D eigenvalue weighted by atomic mass is 16.5. The minimum absolute atomic E-state index is 0.00164. The molecule has 6 heteroatoms. The number of hydrogen-bond acceptors (Lipinski definition) is 5. The summed E-state index contributed by atoms with van der Waals surface area (Å²) in [5, 5.41) is 2.61. The highest BCUT2D eigenvalue weighted by Crippen LogP contribution is 2.30. The van der Waals surface area contributed by atoms with E-state index in [9.17, 15) is 14.4 Å². The highest BCUT2D eigenvalue weighted by molar-refractivity contribution is 6.03. The molecule has 1 amide bonds. The van der Waals surface area contributed by atoms with E-state index in [4.69, 9.17) is 9.47 Å². The van der Waals surface area contributed by atoms with Crippen molar-refractivity contribution < 1.29 is 23.9 Å². The minimum atomic E-state index is -0.671. The van der Waals surface area contributed by atoms with Gasteiger partial charge in [-0.15, -0.1) is 0 Å². The second-order valence-electron chi connectivity index (χ2n) is 6.59. The average molecular weight is 415 g/mol. The third-order valence-corrected chi connectivity index (χ3v) is 4.34. The summed E-state index contributed by atoms with van der Waals surface area (Å²) >= 11 is 0. The molecule has 3 rings (SSSR count). The Morgan fingerprint density at radius 1 is 0.871 bits per heavy atom. The molecule has 0 aromatic heterocycles. The van der Waals surface area contributed by atoms with Crippen LogP contribution in [0.2, 0.25) is 0 Å². The summed E-state index contributed by atoms with van der Waals surface area (Å²) in [6.07, 6.45) is 1.53. The molecule has 0 heterocycles. The maximum atomic E-state index is 12.5. The van der Waals surface area contributed by atoms with Crippen molar-refractivity contribution in [1.29, 1.82) is 0 Å². The molecule has 0 aliphatic rings. The smallest absolute Gasteiger partial charge is 0.354 e. The van der Waals surface area contributed by atoms with Crippen molar-refractivity contribution in [2.45, 2.75) is 6.92 Å². The number of para-hydroxylation sites is 1. The summed E-state index contributed by atoms with van der Waals surface area (Å²) in [6.45, 7) is 1.34. The third-order valence-electron chi connectivity index (χ3n) is 4.34. The van der Waals surface area contributed by atoms with Gasteiger partial charge in [-0.1, -0.05) is 54.6 Å². The number of carbonyl (C=O) groups is 3. The van der Waals surface area contributed by atoms with E-state index in [0.29, 0.717) is 16.9 Å². The first kappa shape index (κ1) is 21.5. The lowest BCUT2D eigenvalue weighted by Gasteiger charge is -2.11. The minimum Gasteiger partial charge on any atom is -0.464 e. The zero-order chi connectivity index (χ0) is 22.2. The predicted octanol–water partition coefficient (Wildman–Crippen LogP) is 4.22. The van der Waals surface area contributed by atoms with Crippen LogP contribution in [-0.2, 0) is 14.3 Å². The number of rotatable bonds is 6. The van der Waals surface area contributed by atoms with E-state index in [0.717, 1.165) is 11.1 Å². The Balaban J connectivity index is 1.95. The molecule has 31 heavy (non-hydrogen) atoms. The van der Waals surface area contributed by atoms with Gasteiger partial charge in [-0.2, -0.15) is 0 Å². The second kappa shape index (κ2) is 10.0. The van der Waals surface area contributed by atoms with Crippen molar-refractivity contribution in [3.63, 3.8) is 0 Å². The van der Waals surface area contributed by atoms with Gasteiger partial charge in [0.1, 0.15) is 11.4 Å². The normalized spacial score (nSPS) is 10.8. The van der Waals surface area contributed by atoms with Crippen molar-refractivity contribution in [1.82, 2.24) is 5.32 Å². The Labute approximate surface area is 180 Å². The van der Waals surface area contributed by atoms with Crippen molar-refractivity contribution in [2.75, 3.05) is 7.11 Å². The summed E-state index contributed by atoms with van der Waals surface area (Å²) in [5.74, 6) is -1.08. The molecule has 0 aliphatic carbocycles. The molecule has 1 N–H and O–H groups in total. The molecule has 0 fully saturated rings. The lowest BCUT2D eigenvalue weighted by atomic mass is 10.0. The van der Waals surface area contributed by atoms with Crippen molar-refractivity contribution in [3.05, 3.63) is 95.7 Å². The number of carbonyl (C=O) groups excluding carboxylic acids is 3. The number of nitrogens with one attached hydrogen (secondary N) is 1. The van der Waals surface area contributed by atoms with Crippen LogP contribution in [-0.4, -0.2) is 25.0 Å². The molecule has 0 bridgehead atoms. The van der Waals surface area contributed by atoms with Crippen LogP contribution < -0.4 is 10.1 Å². The van der Waals surface area contributed by atoms with Gasteiger partial charge in [0.2, 0.25) is 0 Å². The van der Waals surface area contributed by atoms with Crippen LogP contribution in [0.5, 0.6) is 5.75 Å². The lowest BCUT2D eigenvalue weighted by Crippen LogP contribution is -2.28. The molecule has 0 atom stereocenters. The summed E-state index contributed by atoms with van der Waals surface area (Å²) in [5.41, 5.74) is 2.58. The van der Waals surface area contributed by atoms with Gasteiger partial charge in [0.15, 0.2) is 0 Å². The molecule has 3 aromatic carbocycles. The summed E-state index contributed by atoms with van der Waals surface area (Å²) in [7, 11) is 1.25. The molecule has 0 aliphatic heterocycles. The molecule has 0 saturated heterocycles. The first-order valence-electron chi connectivity index (χ1n) is 9.52. The Kier molecular flexibility index (Phi) is 6.96. The predicted molar refractivity (Wildman–Crippen MR) is 117 cm³/mol. The van der Waals surface area contributed by atoms with Gasteiger partial charge in [-0.25, -0.2) is 4.79 Å². The van der Waals surface area contributed by atoms with Gasteiger partial charge in [-0.05, 0) is 41.5 Å². The summed E-state index contributed by atoms with van der Waals surface area (Å²) in [6, 6.07) is 23.0. The molecular weight excluding hydrogens is 394 g/mol. The van der Waals surface area contributed by atoms with Crippen LogP contribution in [0.15, 0.2) is 84.6 Å². The van der Waals surface area contributed by atoms with E-state index >= 15 is 0 Å². The molecule has 0 radical (unpaired) electrons. The van der Waals surface area contributed by atoms with E-state index in [1.807, 2.05) is 24.3 Å². The quantitative estimate of drug-likeness (QED) is 0.370. The van der Waals surface area contributed by atoms with Gasteiger partial charge >= 0.3 is 11.9 Å². The van der Waals surface area contributed by atoms with Crippen molar-refractivity contribution in [3.8, 4) is 16.9 Å². The van der Waals surface area contributed by atoms with Crippen LogP contribution in [0.1, 0.15) is 22.8 Å². The fourth-order valence-electron chi connectivity index (χ4n) is 2.95. The van der Waals surface area contributed by atoms with E-state index in [-0.39, 0.29) is 5.70 Å². The molecule has 0 saturated carbocycles. The van der Waals surface area contributed by atoms with Crippen molar-refractivity contribution in [2.24, 2.45) is 0 Å². The van der Waals surface area contributed by atoms with Crippen LogP contribution >= 0.6 is 0 Å². The lowest BCUT2D eigenvalue weighted by molar-refractivity contribution is -0.136. The van der Waals surface area contributed by atoms with E-state index in [2.05, 4.69) is 5.32 Å². The first-order valence-corrected chi connectivity index (χ1v) is 9.52. The fraction of sp³-hybridized carbons (Fsp3) is 0.0800. The maximum Gasteiger partial charge on any atom is 0.354 e. The molecule has 0 spiro atoms. The van der Waals surface area contributed by atoms with Gasteiger partial charge in [-0.3, -0.25) is 9.59 Å². The Morgan fingerprint density at radius 3 is 2.29 bits per heavy atom. The zero-order valence-electron chi connectivity index (χ0n) is 17.1. The Bertz CT molecular complexity index is 1140. The SMILES string of the molecule is COC(=O)C(=Cc1cccc(-c2ccccc2OC(C)=O)c1)NC(=O)c1ccccc1. The van der Waals surface area contributed by atoms with Crippen LogP contribution in [0.3, 0.4) is 0 Å². The van der Waals surface area contributed by atoms with E-state index < -0.39 is 17.8 Å². The van der Waals surface area contributed by atoms with Crippen LogP contribution in [0, 0.1) is 0 Å². The maximum absolute atomic E-state index is 12.5. The van der Waals surface area contributed by atoms with Gasteiger partial charge < -0.3 is 14.8 Å². The van der Waals surface area contributed by atoms with Crippen molar-refractivity contribution >= 4 is 23.9 Å². The number of benzene rings is 3. The Hall–Kier alpha value is -4.19. The standard InChI is InChI=1S/C25H21NO5/c1-17(27)31-23-14-7-6-13-21(23)20-12-8-9-18(15-20)16-22(25(29)30-2)26-24(28)19-10-4-3-5-11-19/h3-16H,1-2H3,(H,26,28). The van der Waals surface area contributed by atoms with Crippen LogP contribution in [0.4, 0.5) is 0 Å². The topological polar surface area (TPSA) is 81.7 Å². The molecule has 156 valence electrons. The number of ether oxygens (including phenoxy) is 2. The summed E-state index contributed by atoms with van der Waals surface area (Å²) in [4.78, 5) is 36.2. The molecule has 0 unspecified atom stereocenters. The van der Waals surface area contributed by atoms with E-state index in [1.54, 1.807) is 54.6 Å². The van der Waals surface area contributed by atoms with Gasteiger partial charge in [0.25, 0.3) is 5.91 Å². The largest absolute Gasteiger partial charge is 0.464 e. The monoisotopic (exact) mass is 415 g/mol. The van der Waals surface area contributed by atoms with Crippen LogP contribution in [0.25, 0.3) is 17.2 Å². The highest BCUT2D eigenvalue weighted by Gasteiger charge is 2.15. The second-order valence-corrected chi connectivity index (χ2v) is 6.59. The number of hydrogen-bond donors (Lipinski definition) is 1. The third kappa shape index (κ3) is 5.67. The van der Waals surface area contributed by atoms with Gasteiger partial charge in [0.05, 0.1) is 7.11 Å². The zero-order valence-corrected chi connectivity index (χ0v) is 17.1. The number of methoxy groups -OCH3 is 1.